The number of aromatic nitrogens is 1. The van der Waals surface area contributed by atoms with Crippen molar-refractivity contribution in [3.63, 3.8) is 0 Å². The normalized spacial score (nSPS) is 12.3. The molecule has 144 valence electrons. The summed E-state index contributed by atoms with van der Waals surface area (Å²) in [5.41, 5.74) is 0.228. The summed E-state index contributed by atoms with van der Waals surface area (Å²) in [5.74, 6) is -1.07. The largest absolute Gasteiger partial charge is 0.449 e. The lowest BCUT2D eigenvalue weighted by Gasteiger charge is -2.23. The maximum absolute atomic E-state index is 12.4. The highest BCUT2D eigenvalue weighted by atomic mass is 35.5. The Kier molecular flexibility index (Phi) is 6.44. The summed E-state index contributed by atoms with van der Waals surface area (Å²) >= 11 is 6.13. The van der Waals surface area contributed by atoms with Crippen molar-refractivity contribution in [2.75, 3.05) is 0 Å². The van der Waals surface area contributed by atoms with Gasteiger partial charge >= 0.3 is 5.97 Å². The number of carbonyl (C=O) groups excluding carboxylic acids is 2. The summed E-state index contributed by atoms with van der Waals surface area (Å²) in [4.78, 5) is 36.5. The van der Waals surface area contributed by atoms with Gasteiger partial charge in [0.15, 0.2) is 6.10 Å². The number of halogens is 1. The lowest BCUT2D eigenvalue weighted by molar-refractivity contribution is -0.130. The van der Waals surface area contributed by atoms with E-state index in [0.29, 0.717) is 5.02 Å². The molecular formula is C20H23ClN2O4. The molecule has 0 aliphatic rings. The molecule has 0 fully saturated rings. The zero-order valence-corrected chi connectivity index (χ0v) is 16.5. The van der Waals surface area contributed by atoms with E-state index >= 15 is 0 Å². The smallest absolute Gasteiger partial charge is 0.340 e. The molecule has 1 N–H and O–H groups in total. The van der Waals surface area contributed by atoms with Crippen molar-refractivity contribution < 1.29 is 14.3 Å². The van der Waals surface area contributed by atoms with Gasteiger partial charge in [-0.15, -0.1) is 0 Å². The first kappa shape index (κ1) is 20.7. The predicted octanol–water partition coefficient (Wildman–Crippen LogP) is 3.01. The third-order valence-electron chi connectivity index (χ3n) is 3.67. The highest BCUT2D eigenvalue weighted by molar-refractivity contribution is 6.31. The zero-order chi connectivity index (χ0) is 20.2. The molecule has 0 radical (unpaired) electrons. The number of amides is 1. The maximum atomic E-state index is 12.4. The van der Waals surface area contributed by atoms with Crippen LogP contribution in [0.3, 0.4) is 0 Å². The Balaban J connectivity index is 2.15. The van der Waals surface area contributed by atoms with Crippen LogP contribution in [-0.2, 0) is 16.1 Å². The molecule has 7 heteroatoms. The Morgan fingerprint density at radius 1 is 1.19 bits per heavy atom. The van der Waals surface area contributed by atoms with Crippen molar-refractivity contribution in [1.82, 2.24) is 9.88 Å². The van der Waals surface area contributed by atoms with Crippen molar-refractivity contribution in [2.45, 2.75) is 45.9 Å². The van der Waals surface area contributed by atoms with Crippen LogP contribution < -0.4 is 10.9 Å². The monoisotopic (exact) mass is 390 g/mol. The molecule has 2 rings (SSSR count). The number of nitrogens with one attached hydrogen (secondary N) is 1. The first-order chi connectivity index (χ1) is 12.6. The van der Waals surface area contributed by atoms with E-state index in [9.17, 15) is 14.4 Å². The van der Waals surface area contributed by atoms with Gasteiger partial charge in [0.2, 0.25) is 0 Å². The first-order valence-electron chi connectivity index (χ1n) is 8.54. The van der Waals surface area contributed by atoms with Crippen LogP contribution in [0, 0.1) is 0 Å². The molecule has 0 unspecified atom stereocenters. The fourth-order valence-electron chi connectivity index (χ4n) is 2.34. The van der Waals surface area contributed by atoms with Gasteiger partial charge in [0.05, 0.1) is 12.1 Å². The van der Waals surface area contributed by atoms with Crippen LogP contribution >= 0.6 is 11.6 Å². The summed E-state index contributed by atoms with van der Waals surface area (Å²) in [6, 6.07) is 9.82. The Morgan fingerprint density at radius 2 is 1.85 bits per heavy atom. The molecule has 1 aromatic carbocycles. The SMILES string of the molecule is C[C@H](OC(=O)c1ccc(=O)n(Cc2ccccc2Cl)c1)C(=O)NC(C)(C)C. The minimum Gasteiger partial charge on any atom is -0.449 e. The summed E-state index contributed by atoms with van der Waals surface area (Å²) in [7, 11) is 0. The van der Waals surface area contributed by atoms with E-state index in [2.05, 4.69) is 5.32 Å². The van der Waals surface area contributed by atoms with Crippen LogP contribution in [0.4, 0.5) is 0 Å². The number of ether oxygens (including phenoxy) is 1. The van der Waals surface area contributed by atoms with E-state index in [1.54, 1.807) is 18.2 Å². The Bertz CT molecular complexity index is 899. The number of carbonyl (C=O) groups is 2. The third kappa shape index (κ3) is 5.96. The fourth-order valence-corrected chi connectivity index (χ4v) is 2.53. The van der Waals surface area contributed by atoms with Crippen LogP contribution in [0.25, 0.3) is 0 Å². The molecular weight excluding hydrogens is 368 g/mol. The van der Waals surface area contributed by atoms with Gasteiger partial charge in [-0.3, -0.25) is 9.59 Å². The van der Waals surface area contributed by atoms with E-state index in [1.165, 1.54) is 29.8 Å². The van der Waals surface area contributed by atoms with Crippen molar-refractivity contribution in [3.8, 4) is 0 Å². The Labute approximate surface area is 163 Å². The van der Waals surface area contributed by atoms with Crippen LogP contribution in [0.2, 0.25) is 5.02 Å². The van der Waals surface area contributed by atoms with Gasteiger partial charge in [0, 0.05) is 22.8 Å². The van der Waals surface area contributed by atoms with Gasteiger partial charge in [0.25, 0.3) is 11.5 Å². The molecule has 0 spiro atoms. The first-order valence-corrected chi connectivity index (χ1v) is 8.91. The molecule has 1 aromatic heterocycles. The topological polar surface area (TPSA) is 77.4 Å². The average molecular weight is 391 g/mol. The number of benzene rings is 1. The van der Waals surface area contributed by atoms with Crippen LogP contribution in [0.15, 0.2) is 47.4 Å². The van der Waals surface area contributed by atoms with E-state index < -0.39 is 17.6 Å². The van der Waals surface area contributed by atoms with Gasteiger partial charge in [-0.2, -0.15) is 0 Å². The molecule has 0 aliphatic carbocycles. The maximum Gasteiger partial charge on any atom is 0.340 e. The molecule has 27 heavy (non-hydrogen) atoms. The summed E-state index contributed by atoms with van der Waals surface area (Å²) in [5, 5.41) is 3.28. The van der Waals surface area contributed by atoms with E-state index in [-0.39, 0.29) is 23.6 Å². The predicted molar refractivity (Wildman–Crippen MR) is 104 cm³/mol. The number of hydrogen-bond acceptors (Lipinski definition) is 4. The van der Waals surface area contributed by atoms with Crippen molar-refractivity contribution in [1.29, 1.82) is 0 Å². The highest BCUT2D eigenvalue weighted by Crippen LogP contribution is 2.16. The molecule has 1 amide bonds. The van der Waals surface area contributed by atoms with Gasteiger partial charge < -0.3 is 14.6 Å². The number of nitrogens with zero attached hydrogens (tertiary/aromatic N) is 1. The Hall–Kier alpha value is -2.60. The molecule has 0 bridgehead atoms. The molecule has 0 saturated carbocycles. The number of hydrogen-bond donors (Lipinski definition) is 1. The zero-order valence-electron chi connectivity index (χ0n) is 15.8. The third-order valence-corrected chi connectivity index (χ3v) is 4.04. The summed E-state index contributed by atoms with van der Waals surface area (Å²) < 4.78 is 6.59. The fraction of sp³-hybridized carbons (Fsp3) is 0.350. The Morgan fingerprint density at radius 3 is 2.48 bits per heavy atom. The van der Waals surface area contributed by atoms with Gasteiger partial charge in [-0.1, -0.05) is 29.8 Å². The lowest BCUT2D eigenvalue weighted by atomic mass is 10.1. The minimum atomic E-state index is -0.958. The van der Waals surface area contributed by atoms with Gasteiger partial charge in [-0.25, -0.2) is 4.79 Å². The molecule has 1 heterocycles. The van der Waals surface area contributed by atoms with E-state index in [4.69, 9.17) is 16.3 Å². The molecule has 0 aliphatic heterocycles. The second-order valence-corrected chi connectivity index (χ2v) is 7.67. The highest BCUT2D eigenvalue weighted by Gasteiger charge is 2.23. The second-order valence-electron chi connectivity index (χ2n) is 7.26. The summed E-state index contributed by atoms with van der Waals surface area (Å²) in [6.45, 7) is 7.23. The standard InChI is InChI=1S/C20H23ClN2O4/c1-13(18(25)22-20(2,3)4)27-19(26)15-9-10-17(24)23(12-15)11-14-7-5-6-8-16(14)21/h5-10,12-13H,11H2,1-4H3,(H,22,25)/t13-/m0/s1. The van der Waals surface area contributed by atoms with Crippen molar-refractivity contribution in [2.24, 2.45) is 0 Å². The minimum absolute atomic E-state index is 0.178. The van der Waals surface area contributed by atoms with Crippen LogP contribution in [0.1, 0.15) is 43.6 Å². The molecule has 6 nitrogen and oxygen atoms in total. The van der Waals surface area contributed by atoms with Gasteiger partial charge in [-0.05, 0) is 45.4 Å². The van der Waals surface area contributed by atoms with Crippen molar-refractivity contribution >= 4 is 23.5 Å². The molecule has 2 aromatic rings. The molecule has 1 atom stereocenters. The lowest BCUT2D eigenvalue weighted by Crippen LogP contribution is -2.46. The quantitative estimate of drug-likeness (QED) is 0.796. The number of esters is 1. The van der Waals surface area contributed by atoms with E-state index in [0.717, 1.165) is 5.56 Å². The van der Waals surface area contributed by atoms with Crippen molar-refractivity contribution in [3.05, 3.63) is 69.1 Å². The summed E-state index contributed by atoms with van der Waals surface area (Å²) in [6.07, 6.45) is 0.447. The second kappa shape index (κ2) is 8.39. The van der Waals surface area contributed by atoms with Crippen LogP contribution in [0.5, 0.6) is 0 Å². The molecule has 0 saturated heterocycles. The van der Waals surface area contributed by atoms with Crippen LogP contribution in [-0.4, -0.2) is 28.1 Å². The van der Waals surface area contributed by atoms with Gasteiger partial charge in [0.1, 0.15) is 0 Å². The number of pyridine rings is 1. The average Bonchev–Trinajstić information content (AvgIpc) is 2.57. The van der Waals surface area contributed by atoms with E-state index in [1.807, 2.05) is 26.8 Å². The number of rotatable bonds is 5.